The summed E-state index contributed by atoms with van der Waals surface area (Å²) in [6.07, 6.45) is 0. The fraction of sp³-hybridized carbons (Fsp3) is 0.226. The van der Waals surface area contributed by atoms with E-state index in [0.717, 1.165) is 0 Å². The number of benzene rings is 8. The molecule has 0 saturated heterocycles. The third-order valence-electron chi connectivity index (χ3n) is 12.8. The second-order valence-electron chi connectivity index (χ2n) is 15.9. The minimum absolute atomic E-state index is 0.197. The van der Waals surface area contributed by atoms with Crippen LogP contribution in [0.4, 0.5) is 0 Å². The summed E-state index contributed by atoms with van der Waals surface area (Å²) in [6, 6.07) is 63.8. The predicted octanol–water partition coefficient (Wildman–Crippen LogP) is 17.4. The summed E-state index contributed by atoms with van der Waals surface area (Å²) in [5, 5.41) is 0. The Balaban J connectivity index is 0.000000161. The summed E-state index contributed by atoms with van der Waals surface area (Å²) < 4.78 is 0. The van der Waals surface area contributed by atoms with E-state index in [-0.39, 0.29) is 10.8 Å². The van der Waals surface area contributed by atoms with Crippen LogP contribution in [0.2, 0.25) is 0 Å². The van der Waals surface area contributed by atoms with Crippen LogP contribution in [0.5, 0.6) is 0 Å². The van der Waals surface area contributed by atoms with Gasteiger partial charge in [-0.15, -0.1) is 0 Å². The van der Waals surface area contributed by atoms with Gasteiger partial charge in [0, 0.05) is 0 Å². The average molecular weight is 809 g/mol. The molecule has 0 radical (unpaired) electrons. The molecule has 8 aromatic carbocycles. The zero-order valence-electron chi connectivity index (χ0n) is 39.2. The molecule has 0 aliphatic heterocycles. The van der Waals surface area contributed by atoms with Gasteiger partial charge in [-0.05, 0) is 117 Å². The van der Waals surface area contributed by atoms with Crippen molar-refractivity contribution in [3.8, 4) is 44.5 Å². The summed E-state index contributed by atoms with van der Waals surface area (Å²) in [7, 11) is 0. The average Bonchev–Trinajstić information content (AvgIpc) is 4.00. The maximum Gasteiger partial charge on any atom is 0.0725 e. The molecule has 0 fully saturated rings. The molecule has 0 unspecified atom stereocenters. The van der Waals surface area contributed by atoms with Gasteiger partial charge in [0.15, 0.2) is 0 Å². The van der Waals surface area contributed by atoms with Crippen molar-refractivity contribution in [1.29, 1.82) is 0 Å². The van der Waals surface area contributed by atoms with Crippen LogP contribution in [0, 0.1) is 27.7 Å². The summed E-state index contributed by atoms with van der Waals surface area (Å²) >= 11 is 0. The zero-order valence-corrected chi connectivity index (χ0v) is 39.2. The van der Waals surface area contributed by atoms with E-state index in [1.807, 2.05) is 55.4 Å². The maximum atomic E-state index is 2.41. The Morgan fingerprint density at radius 3 is 0.742 bits per heavy atom. The highest BCUT2D eigenvalue weighted by Crippen LogP contribution is 2.64. The van der Waals surface area contributed by atoms with Gasteiger partial charge >= 0.3 is 0 Å². The zero-order chi connectivity index (χ0) is 44.3. The molecule has 62 heavy (non-hydrogen) atoms. The van der Waals surface area contributed by atoms with Gasteiger partial charge < -0.3 is 0 Å². The molecule has 0 aromatic heterocycles. The summed E-state index contributed by atoms with van der Waals surface area (Å²) in [4.78, 5) is 0. The van der Waals surface area contributed by atoms with Crippen LogP contribution in [-0.2, 0) is 10.8 Å². The smallest absolute Gasteiger partial charge is 0.0683 e. The van der Waals surface area contributed by atoms with Crippen molar-refractivity contribution in [2.75, 3.05) is 0 Å². The molecule has 0 atom stereocenters. The molecule has 2 spiro atoms. The van der Waals surface area contributed by atoms with Crippen molar-refractivity contribution in [3.05, 3.63) is 237 Å². The van der Waals surface area contributed by atoms with Crippen molar-refractivity contribution in [2.45, 2.75) is 93.9 Å². The first-order chi connectivity index (χ1) is 30.4. The molecule has 4 aliphatic rings. The minimum atomic E-state index is -0.197. The van der Waals surface area contributed by atoms with Crippen LogP contribution in [0.25, 0.3) is 44.5 Å². The van der Waals surface area contributed by atoms with E-state index in [4.69, 9.17) is 0 Å². The van der Waals surface area contributed by atoms with Crippen LogP contribution in [0.1, 0.15) is 122 Å². The van der Waals surface area contributed by atoms with Gasteiger partial charge in [-0.1, -0.05) is 248 Å². The van der Waals surface area contributed by atoms with Crippen LogP contribution < -0.4 is 0 Å². The van der Waals surface area contributed by atoms with Crippen molar-refractivity contribution in [1.82, 2.24) is 0 Å². The molecule has 8 aromatic rings. The Hall–Kier alpha value is -6.24. The topological polar surface area (TPSA) is 0 Å². The predicted molar refractivity (Wildman–Crippen MR) is 270 cm³/mol. The van der Waals surface area contributed by atoms with Crippen LogP contribution in [-0.4, -0.2) is 0 Å². The van der Waals surface area contributed by atoms with Gasteiger partial charge in [-0.3, -0.25) is 0 Å². The van der Waals surface area contributed by atoms with E-state index >= 15 is 0 Å². The second-order valence-corrected chi connectivity index (χ2v) is 15.9. The third-order valence-corrected chi connectivity index (χ3v) is 12.8. The molecular formula is C62H64. The quantitative estimate of drug-likeness (QED) is 0.143. The van der Waals surface area contributed by atoms with E-state index in [1.54, 1.807) is 0 Å². The van der Waals surface area contributed by atoms with Crippen molar-refractivity contribution >= 4 is 0 Å². The van der Waals surface area contributed by atoms with E-state index in [9.17, 15) is 0 Å². The Labute approximate surface area is 373 Å². The maximum absolute atomic E-state index is 2.41. The van der Waals surface area contributed by atoms with Gasteiger partial charge in [0.05, 0.1) is 10.8 Å². The van der Waals surface area contributed by atoms with Gasteiger partial charge in [-0.2, -0.15) is 0 Å². The second kappa shape index (κ2) is 18.0. The lowest BCUT2D eigenvalue weighted by atomic mass is 9.70. The number of aryl methyl sites for hydroxylation is 4. The molecule has 4 aliphatic carbocycles. The molecule has 0 bridgehead atoms. The van der Waals surface area contributed by atoms with Crippen molar-refractivity contribution in [3.63, 3.8) is 0 Å². The fourth-order valence-electron chi connectivity index (χ4n) is 10.7. The standard InChI is InChI=1S/2C27H20.4C2H6/c2*1-17-12-14-25-22(15-17)21-13-11-18(2)16-26(21)27(25)23-9-5-3-7-19(23)20-8-4-6-10-24(20)27;4*1-2/h2*3-16H,1-2H3;4*1-2H3. The van der Waals surface area contributed by atoms with Gasteiger partial charge in [0.1, 0.15) is 0 Å². The number of rotatable bonds is 0. The lowest BCUT2D eigenvalue weighted by Crippen LogP contribution is -2.25. The number of hydrogen-bond acceptors (Lipinski definition) is 0. The monoisotopic (exact) mass is 809 g/mol. The first-order valence-corrected chi connectivity index (χ1v) is 23.3. The highest BCUT2D eigenvalue weighted by Gasteiger charge is 2.53. The molecule has 12 rings (SSSR count). The highest BCUT2D eigenvalue weighted by atomic mass is 14.5. The normalized spacial score (nSPS) is 13.1. The summed E-state index contributed by atoms with van der Waals surface area (Å²) in [5.41, 5.74) is 27.3. The minimum Gasteiger partial charge on any atom is -0.0683 e. The number of hydrogen-bond donors (Lipinski definition) is 0. The van der Waals surface area contributed by atoms with Crippen LogP contribution in [0.15, 0.2) is 170 Å². The summed E-state index contributed by atoms with van der Waals surface area (Å²) in [6.45, 7) is 24.8. The number of fused-ring (bicyclic) bond motifs is 20. The third kappa shape index (κ3) is 6.33. The Morgan fingerprint density at radius 2 is 0.435 bits per heavy atom. The molecule has 0 nitrogen and oxygen atoms in total. The fourth-order valence-corrected chi connectivity index (χ4v) is 10.7. The molecule has 0 N–H and O–H groups in total. The van der Waals surface area contributed by atoms with Gasteiger partial charge in [0.25, 0.3) is 0 Å². The van der Waals surface area contributed by atoms with Crippen LogP contribution >= 0.6 is 0 Å². The van der Waals surface area contributed by atoms with Gasteiger partial charge in [0.2, 0.25) is 0 Å². The van der Waals surface area contributed by atoms with Gasteiger partial charge in [-0.25, -0.2) is 0 Å². The van der Waals surface area contributed by atoms with E-state index < -0.39 is 0 Å². The Kier molecular flexibility index (Phi) is 12.7. The molecule has 0 heterocycles. The first kappa shape index (κ1) is 43.8. The molecular weight excluding hydrogens is 745 g/mol. The SMILES string of the molecule is CC.CC.CC.CC.Cc1ccc2c(c1)-c1ccc(C)cc1C21c2ccccc2-c2ccccc21.Cc1ccc2c(c1)-c1ccc(C)cc1C21c2ccccc2-c2ccccc21. The molecule has 0 heteroatoms. The Morgan fingerprint density at radius 1 is 0.210 bits per heavy atom. The molecule has 0 amide bonds. The van der Waals surface area contributed by atoms with E-state index in [2.05, 4.69) is 198 Å². The van der Waals surface area contributed by atoms with Crippen molar-refractivity contribution in [2.24, 2.45) is 0 Å². The highest BCUT2D eigenvalue weighted by molar-refractivity contribution is 5.96. The van der Waals surface area contributed by atoms with Crippen molar-refractivity contribution < 1.29 is 0 Å². The Bertz CT molecular complexity index is 2590. The lowest BCUT2D eigenvalue weighted by molar-refractivity contribution is 0.792. The lowest BCUT2D eigenvalue weighted by Gasteiger charge is -2.30. The molecule has 0 saturated carbocycles. The van der Waals surface area contributed by atoms with E-state index in [1.165, 1.54) is 111 Å². The largest absolute Gasteiger partial charge is 0.0725 e. The first-order valence-electron chi connectivity index (χ1n) is 23.3. The summed E-state index contributed by atoms with van der Waals surface area (Å²) in [5.74, 6) is 0. The molecule has 312 valence electrons. The van der Waals surface area contributed by atoms with E-state index in [0.29, 0.717) is 0 Å². The van der Waals surface area contributed by atoms with Crippen LogP contribution in [0.3, 0.4) is 0 Å².